The van der Waals surface area contributed by atoms with Crippen molar-refractivity contribution in [3.8, 4) is 0 Å². The van der Waals surface area contributed by atoms with Gasteiger partial charge in [-0.25, -0.2) is 18.1 Å². The first-order valence-corrected chi connectivity index (χ1v) is 15.6. The van der Waals surface area contributed by atoms with Crippen LogP contribution in [0.1, 0.15) is 65.5 Å². The number of imidazole rings is 1. The first-order valence-electron chi connectivity index (χ1n) is 13.2. The van der Waals surface area contributed by atoms with Crippen LogP contribution in [0.4, 0.5) is 5.69 Å². The first kappa shape index (κ1) is 27.3. The fraction of sp³-hybridized carbons (Fsp3) is 0.333. The van der Waals surface area contributed by atoms with Gasteiger partial charge in [-0.1, -0.05) is 36.8 Å². The van der Waals surface area contributed by atoms with Gasteiger partial charge in [-0.3, -0.25) is 4.79 Å². The van der Waals surface area contributed by atoms with E-state index in [-0.39, 0.29) is 22.8 Å². The maximum atomic E-state index is 13.8. The van der Waals surface area contributed by atoms with E-state index in [1.165, 1.54) is 4.88 Å². The third kappa shape index (κ3) is 6.16. The highest BCUT2D eigenvalue weighted by Crippen LogP contribution is 2.35. The molecule has 39 heavy (non-hydrogen) atoms. The molecule has 0 saturated heterocycles. The van der Waals surface area contributed by atoms with Gasteiger partial charge in [-0.15, -0.1) is 11.3 Å². The molecule has 2 heterocycles. The quantitative estimate of drug-likeness (QED) is 0.276. The second-order valence-electron chi connectivity index (χ2n) is 10.3. The molecule has 0 spiro atoms. The number of nitrogens with one attached hydrogen (secondary N) is 1. The number of amides is 1. The molecule has 7 nitrogen and oxygen atoms in total. The van der Waals surface area contributed by atoms with E-state index in [1.807, 2.05) is 54.4 Å². The van der Waals surface area contributed by atoms with Crippen molar-refractivity contribution in [2.24, 2.45) is 7.05 Å². The summed E-state index contributed by atoms with van der Waals surface area (Å²) in [6.07, 6.45) is 6.43. The van der Waals surface area contributed by atoms with E-state index in [2.05, 4.69) is 22.7 Å². The fourth-order valence-corrected chi connectivity index (χ4v) is 7.14. The number of hydrogen-bond donors (Lipinski definition) is 1. The van der Waals surface area contributed by atoms with Gasteiger partial charge in [-0.2, -0.15) is 0 Å². The zero-order valence-corrected chi connectivity index (χ0v) is 24.1. The predicted octanol–water partition coefficient (Wildman–Crippen LogP) is 5.87. The highest BCUT2D eigenvalue weighted by atomic mass is 32.2. The minimum absolute atomic E-state index is 0.00597. The molecule has 0 unspecified atom stereocenters. The molecule has 5 rings (SSSR count). The molecule has 204 valence electrons. The molecule has 1 N–H and O–H groups in total. The minimum Gasteiger partial charge on any atom is -0.337 e. The standard InChI is InChI=1S/C30H34N4O3S2/c1-21-9-13-25(14-10-21)39(36,37)32-27-7-4-6-23-11-12-24(19-26(23)27)34(20-29-31-15-16-33(29)3)30(35)18-22(2)28-8-5-17-38-28/h5,8-17,19,22,27,32H,4,6-7,18,20H2,1-3H3/t22-,27+/m0/s1. The van der Waals surface area contributed by atoms with Crippen LogP contribution in [0.3, 0.4) is 0 Å². The lowest BCUT2D eigenvalue weighted by Gasteiger charge is -2.30. The number of rotatable bonds is 9. The smallest absolute Gasteiger partial charge is 0.241 e. The van der Waals surface area contributed by atoms with Crippen molar-refractivity contribution in [2.45, 2.75) is 62.9 Å². The molecule has 1 aliphatic rings. The Balaban J connectivity index is 1.46. The van der Waals surface area contributed by atoms with Crippen molar-refractivity contribution in [1.82, 2.24) is 14.3 Å². The van der Waals surface area contributed by atoms with E-state index in [1.54, 1.807) is 46.7 Å². The molecular formula is C30H34N4O3S2. The molecule has 0 radical (unpaired) electrons. The summed E-state index contributed by atoms with van der Waals surface area (Å²) in [6, 6.07) is 16.6. The summed E-state index contributed by atoms with van der Waals surface area (Å²) in [5, 5.41) is 2.03. The van der Waals surface area contributed by atoms with Crippen LogP contribution in [-0.2, 0) is 34.8 Å². The van der Waals surface area contributed by atoms with Gasteiger partial charge in [0.25, 0.3) is 0 Å². The Morgan fingerprint density at radius 3 is 2.69 bits per heavy atom. The second-order valence-corrected chi connectivity index (χ2v) is 13.0. The summed E-state index contributed by atoms with van der Waals surface area (Å²) < 4.78 is 31.3. The van der Waals surface area contributed by atoms with Crippen molar-refractivity contribution < 1.29 is 13.2 Å². The third-order valence-corrected chi connectivity index (χ3v) is 10.0. The summed E-state index contributed by atoms with van der Waals surface area (Å²) >= 11 is 1.66. The molecule has 2 aromatic carbocycles. The number of nitrogens with zero attached hydrogens (tertiary/aromatic N) is 3. The van der Waals surface area contributed by atoms with Crippen LogP contribution >= 0.6 is 11.3 Å². The SMILES string of the molecule is Cc1ccc(S(=O)(=O)N[C@@H]2CCCc3ccc(N(Cc4nccn4C)C(=O)C[C@H](C)c4cccs4)cc32)cc1. The normalized spacial score (nSPS) is 16.0. The Morgan fingerprint density at radius 2 is 2.00 bits per heavy atom. The Labute approximate surface area is 234 Å². The predicted molar refractivity (Wildman–Crippen MR) is 155 cm³/mol. The molecule has 4 aromatic rings. The average molecular weight is 563 g/mol. The van der Waals surface area contributed by atoms with E-state index < -0.39 is 10.0 Å². The molecule has 0 fully saturated rings. The number of thiophene rings is 1. The maximum absolute atomic E-state index is 13.8. The van der Waals surface area contributed by atoms with Gasteiger partial charge < -0.3 is 9.47 Å². The Bertz CT molecular complexity index is 1540. The molecule has 1 aliphatic carbocycles. The molecule has 0 bridgehead atoms. The highest BCUT2D eigenvalue weighted by Gasteiger charge is 2.28. The summed E-state index contributed by atoms with van der Waals surface area (Å²) in [6.45, 7) is 4.34. The lowest BCUT2D eigenvalue weighted by molar-refractivity contribution is -0.119. The van der Waals surface area contributed by atoms with E-state index in [9.17, 15) is 13.2 Å². The largest absolute Gasteiger partial charge is 0.337 e. The minimum atomic E-state index is -3.70. The zero-order valence-electron chi connectivity index (χ0n) is 22.5. The van der Waals surface area contributed by atoms with Gasteiger partial charge in [0.2, 0.25) is 15.9 Å². The van der Waals surface area contributed by atoms with Crippen LogP contribution in [0, 0.1) is 6.92 Å². The van der Waals surface area contributed by atoms with Crippen LogP contribution in [0.5, 0.6) is 0 Å². The summed E-state index contributed by atoms with van der Waals surface area (Å²) in [5.41, 5.74) is 3.80. The molecule has 2 aromatic heterocycles. The molecular weight excluding hydrogens is 528 g/mol. The number of hydrogen-bond acceptors (Lipinski definition) is 5. The van der Waals surface area contributed by atoms with Crippen molar-refractivity contribution in [3.63, 3.8) is 0 Å². The van der Waals surface area contributed by atoms with Crippen LogP contribution in [-0.4, -0.2) is 23.9 Å². The van der Waals surface area contributed by atoms with Crippen molar-refractivity contribution in [1.29, 1.82) is 0 Å². The lowest BCUT2D eigenvalue weighted by atomic mass is 9.87. The van der Waals surface area contributed by atoms with E-state index >= 15 is 0 Å². The Kier molecular flexibility index (Phi) is 8.02. The molecule has 0 saturated carbocycles. The topological polar surface area (TPSA) is 84.3 Å². The van der Waals surface area contributed by atoms with Gasteiger partial charge in [-0.05, 0) is 78.9 Å². The van der Waals surface area contributed by atoms with Gasteiger partial charge in [0.15, 0.2) is 0 Å². The number of sulfonamides is 1. The first-order chi connectivity index (χ1) is 18.7. The van der Waals surface area contributed by atoms with E-state index in [0.717, 1.165) is 41.0 Å². The van der Waals surface area contributed by atoms with Crippen LogP contribution in [0.15, 0.2) is 77.3 Å². The number of carbonyl (C=O) groups excluding carboxylic acids is 1. The maximum Gasteiger partial charge on any atom is 0.241 e. The number of carbonyl (C=O) groups is 1. The number of anilines is 1. The molecule has 0 aliphatic heterocycles. The van der Waals surface area contributed by atoms with Crippen LogP contribution < -0.4 is 9.62 Å². The Hall–Kier alpha value is -3.27. The fourth-order valence-electron chi connectivity index (χ4n) is 5.11. The van der Waals surface area contributed by atoms with Crippen molar-refractivity contribution in [3.05, 3.63) is 99.8 Å². The van der Waals surface area contributed by atoms with Crippen LogP contribution in [0.25, 0.3) is 0 Å². The van der Waals surface area contributed by atoms with Gasteiger partial charge in [0.05, 0.1) is 11.4 Å². The van der Waals surface area contributed by atoms with Gasteiger partial charge in [0.1, 0.15) is 5.82 Å². The number of aromatic nitrogens is 2. The molecule has 9 heteroatoms. The zero-order chi connectivity index (χ0) is 27.6. The van der Waals surface area contributed by atoms with Gasteiger partial charge in [0, 0.05) is 42.5 Å². The number of fused-ring (bicyclic) bond motifs is 1. The van der Waals surface area contributed by atoms with Crippen LogP contribution in [0.2, 0.25) is 0 Å². The lowest BCUT2D eigenvalue weighted by Crippen LogP contribution is -2.34. The molecule has 2 atom stereocenters. The highest BCUT2D eigenvalue weighted by molar-refractivity contribution is 7.89. The summed E-state index contributed by atoms with van der Waals surface area (Å²) in [4.78, 5) is 21.4. The summed E-state index contributed by atoms with van der Waals surface area (Å²) in [5.74, 6) is 0.876. The van der Waals surface area contributed by atoms with Crippen molar-refractivity contribution in [2.75, 3.05) is 4.90 Å². The third-order valence-electron chi connectivity index (χ3n) is 7.42. The number of aryl methyl sites for hydroxylation is 3. The monoisotopic (exact) mass is 562 g/mol. The van der Waals surface area contributed by atoms with E-state index in [0.29, 0.717) is 19.4 Å². The molecule has 1 amide bonds. The van der Waals surface area contributed by atoms with Gasteiger partial charge >= 0.3 is 0 Å². The average Bonchev–Trinajstić information content (AvgIpc) is 3.59. The van der Waals surface area contributed by atoms with Crippen molar-refractivity contribution >= 4 is 33.0 Å². The second kappa shape index (κ2) is 11.5. The Morgan fingerprint density at radius 1 is 1.21 bits per heavy atom. The number of benzene rings is 2. The summed E-state index contributed by atoms with van der Waals surface area (Å²) in [7, 11) is -1.78. The van der Waals surface area contributed by atoms with E-state index in [4.69, 9.17) is 0 Å².